The molecule has 1 heteroatoms. The van der Waals surface area contributed by atoms with E-state index in [2.05, 4.69) is 32.8 Å². The maximum Gasteiger partial charge on any atom is 0.195 e. The molecule has 1 heterocycles. The van der Waals surface area contributed by atoms with Gasteiger partial charge in [-0.05, 0) is 12.8 Å². The second-order valence-electron chi connectivity index (χ2n) is 3.13. The lowest BCUT2D eigenvalue weighted by Gasteiger charge is -2.07. The molecule has 0 radical (unpaired) electrons. The van der Waals surface area contributed by atoms with E-state index >= 15 is 0 Å². The van der Waals surface area contributed by atoms with Gasteiger partial charge in [-0.15, -0.1) is 5.98 Å². The van der Waals surface area contributed by atoms with Crippen molar-refractivity contribution in [3.05, 3.63) is 23.1 Å². The van der Waals surface area contributed by atoms with Crippen LogP contribution in [0.5, 0.6) is 0 Å². The van der Waals surface area contributed by atoms with Crippen LogP contribution < -0.4 is 0 Å². The van der Waals surface area contributed by atoms with Crippen molar-refractivity contribution in [1.82, 2.24) is 0 Å². The molecule has 0 spiro atoms. The van der Waals surface area contributed by atoms with Crippen molar-refractivity contribution in [2.75, 3.05) is 0 Å². The van der Waals surface area contributed by atoms with Gasteiger partial charge < -0.3 is 0 Å². The van der Waals surface area contributed by atoms with Crippen molar-refractivity contribution in [2.45, 2.75) is 39.9 Å². The maximum absolute atomic E-state index is 2.36. The highest BCUT2D eigenvalue weighted by Gasteiger charge is 2.18. The Hall–Kier alpha value is -0.455. The molecule has 0 aromatic carbocycles. The molecule has 0 N–H and O–H groups in total. The molecule has 1 aliphatic rings. The molecule has 1 rings (SSSR count). The highest BCUT2D eigenvalue weighted by atomic mass is 14.0. The van der Waals surface area contributed by atoms with E-state index in [4.69, 9.17) is 0 Å². The molecule has 0 saturated carbocycles. The smallest absolute Gasteiger partial charge is 0.110 e. The van der Waals surface area contributed by atoms with Gasteiger partial charge in [0.25, 0.3) is 0 Å². The molecular formula is C10H17B. The predicted molar refractivity (Wildman–Crippen MR) is 53.0 cm³/mol. The topological polar surface area (TPSA) is 0 Å². The van der Waals surface area contributed by atoms with Crippen LogP contribution in [0.2, 0.25) is 6.32 Å². The van der Waals surface area contributed by atoms with E-state index < -0.39 is 0 Å². The Morgan fingerprint density at radius 3 is 2.36 bits per heavy atom. The average Bonchev–Trinajstić information content (AvgIpc) is 2.45. The molecule has 0 aromatic rings. The maximum atomic E-state index is 2.36. The van der Waals surface area contributed by atoms with Crippen molar-refractivity contribution in [2.24, 2.45) is 0 Å². The lowest BCUT2D eigenvalue weighted by Crippen LogP contribution is -2.09. The highest BCUT2D eigenvalue weighted by Crippen LogP contribution is 2.25. The van der Waals surface area contributed by atoms with E-state index in [0.717, 1.165) is 6.71 Å². The van der Waals surface area contributed by atoms with Crippen LogP contribution in [-0.2, 0) is 0 Å². The van der Waals surface area contributed by atoms with Gasteiger partial charge in [0.15, 0.2) is 6.71 Å². The number of hydrogen-bond donors (Lipinski definition) is 0. The average molecular weight is 148 g/mol. The Kier molecular flexibility index (Phi) is 2.98. The molecular weight excluding hydrogens is 131 g/mol. The van der Waals surface area contributed by atoms with Crippen LogP contribution in [0.15, 0.2) is 23.1 Å². The summed E-state index contributed by atoms with van der Waals surface area (Å²) in [4.78, 5) is 0. The second kappa shape index (κ2) is 3.80. The summed E-state index contributed by atoms with van der Waals surface area (Å²) in [5.41, 5.74) is 3.26. The van der Waals surface area contributed by atoms with E-state index in [0.29, 0.717) is 0 Å². The lowest BCUT2D eigenvalue weighted by molar-refractivity contribution is 1.08. The third-order valence-electron chi connectivity index (χ3n) is 2.59. The van der Waals surface area contributed by atoms with Crippen LogP contribution in [0.25, 0.3) is 0 Å². The SMILES string of the molecule is CCB1C=CC(CC)=C1CC. The molecule has 0 atom stereocenters. The Morgan fingerprint density at radius 2 is 1.91 bits per heavy atom. The molecule has 0 amide bonds. The zero-order chi connectivity index (χ0) is 8.27. The quantitative estimate of drug-likeness (QED) is 0.538. The van der Waals surface area contributed by atoms with Gasteiger partial charge in [-0.2, -0.15) is 0 Å². The molecule has 1 aliphatic heterocycles. The minimum absolute atomic E-state index is 0.759. The van der Waals surface area contributed by atoms with Gasteiger partial charge in [0, 0.05) is 0 Å². The molecule has 11 heavy (non-hydrogen) atoms. The van der Waals surface area contributed by atoms with Crippen LogP contribution in [0, 0.1) is 0 Å². The van der Waals surface area contributed by atoms with E-state index in [1.807, 2.05) is 0 Å². The van der Waals surface area contributed by atoms with E-state index in [1.165, 1.54) is 19.2 Å². The molecule has 0 aromatic heterocycles. The summed E-state index contributed by atoms with van der Waals surface area (Å²) in [5, 5.41) is 0. The molecule has 0 fully saturated rings. The Balaban J connectivity index is 2.77. The van der Waals surface area contributed by atoms with Gasteiger partial charge in [-0.1, -0.05) is 44.2 Å². The molecule has 0 aliphatic carbocycles. The fourth-order valence-electron chi connectivity index (χ4n) is 1.91. The largest absolute Gasteiger partial charge is 0.195 e. The van der Waals surface area contributed by atoms with Crippen LogP contribution in [0.3, 0.4) is 0 Å². The summed E-state index contributed by atoms with van der Waals surface area (Å²) in [6, 6.07) is 0. The van der Waals surface area contributed by atoms with Crippen molar-refractivity contribution in [3.63, 3.8) is 0 Å². The summed E-state index contributed by atoms with van der Waals surface area (Å²) in [6.07, 6.45) is 6.01. The summed E-state index contributed by atoms with van der Waals surface area (Å²) in [5.74, 6) is 2.36. The van der Waals surface area contributed by atoms with Crippen LogP contribution in [-0.4, -0.2) is 6.71 Å². The summed E-state index contributed by atoms with van der Waals surface area (Å²) in [7, 11) is 0. The first-order valence-electron chi connectivity index (χ1n) is 4.73. The Morgan fingerprint density at radius 1 is 1.18 bits per heavy atom. The van der Waals surface area contributed by atoms with E-state index in [1.54, 1.807) is 11.0 Å². The predicted octanol–water partition coefficient (Wildman–Crippen LogP) is 3.27. The standard InChI is InChI=1S/C10H17B/c1-4-9-7-8-11(6-3)10(9)5-2/h7-8H,4-6H2,1-3H3. The lowest BCUT2D eigenvalue weighted by atomic mass is 9.43. The van der Waals surface area contributed by atoms with Gasteiger partial charge in [0.1, 0.15) is 0 Å². The van der Waals surface area contributed by atoms with Gasteiger partial charge in [-0.25, -0.2) is 0 Å². The molecule has 0 nitrogen and oxygen atoms in total. The van der Waals surface area contributed by atoms with Crippen molar-refractivity contribution in [1.29, 1.82) is 0 Å². The van der Waals surface area contributed by atoms with Crippen molar-refractivity contribution >= 4 is 6.71 Å². The second-order valence-corrected chi connectivity index (χ2v) is 3.13. The Bertz CT molecular complexity index is 189. The molecule has 0 saturated heterocycles. The first kappa shape index (κ1) is 8.64. The fraction of sp³-hybridized carbons (Fsp3) is 0.600. The molecule has 60 valence electrons. The van der Waals surface area contributed by atoms with Gasteiger partial charge in [0.05, 0.1) is 0 Å². The van der Waals surface area contributed by atoms with Crippen molar-refractivity contribution < 1.29 is 0 Å². The summed E-state index contributed by atoms with van der Waals surface area (Å²) < 4.78 is 0. The van der Waals surface area contributed by atoms with Gasteiger partial charge in [-0.3, -0.25) is 0 Å². The Labute approximate surface area is 70.5 Å². The first-order chi connectivity index (χ1) is 5.33. The van der Waals surface area contributed by atoms with Gasteiger partial charge >= 0.3 is 0 Å². The fourth-order valence-corrected chi connectivity index (χ4v) is 1.91. The summed E-state index contributed by atoms with van der Waals surface area (Å²) in [6.45, 7) is 7.53. The third-order valence-corrected chi connectivity index (χ3v) is 2.59. The molecule has 0 bridgehead atoms. The number of allylic oxidation sites excluding steroid dienone is 3. The van der Waals surface area contributed by atoms with Crippen LogP contribution in [0.1, 0.15) is 33.6 Å². The first-order valence-corrected chi connectivity index (χ1v) is 4.73. The zero-order valence-electron chi connectivity index (χ0n) is 7.85. The minimum atomic E-state index is 0.759. The molecule has 0 unspecified atom stereocenters. The van der Waals surface area contributed by atoms with Crippen LogP contribution in [0.4, 0.5) is 0 Å². The van der Waals surface area contributed by atoms with E-state index in [-0.39, 0.29) is 0 Å². The number of hydrogen-bond acceptors (Lipinski definition) is 0. The zero-order valence-corrected chi connectivity index (χ0v) is 7.85. The van der Waals surface area contributed by atoms with Gasteiger partial charge in [0.2, 0.25) is 0 Å². The van der Waals surface area contributed by atoms with Crippen LogP contribution >= 0.6 is 0 Å². The minimum Gasteiger partial charge on any atom is -0.110 e. The highest BCUT2D eigenvalue weighted by molar-refractivity contribution is 6.72. The number of rotatable bonds is 3. The third kappa shape index (κ3) is 1.58. The normalized spacial score (nSPS) is 16.8. The van der Waals surface area contributed by atoms with Crippen molar-refractivity contribution in [3.8, 4) is 0 Å². The summed E-state index contributed by atoms with van der Waals surface area (Å²) >= 11 is 0. The van der Waals surface area contributed by atoms with E-state index in [9.17, 15) is 0 Å². The monoisotopic (exact) mass is 148 g/mol.